The van der Waals surface area contributed by atoms with Crippen LogP contribution in [0.4, 0.5) is 5.69 Å². The number of rotatable bonds is 3. The molecule has 0 heterocycles. The molecule has 0 aliphatic rings. The van der Waals surface area contributed by atoms with Gasteiger partial charge in [-0.15, -0.1) is 0 Å². The van der Waals surface area contributed by atoms with Gasteiger partial charge in [-0.1, -0.05) is 0 Å². The van der Waals surface area contributed by atoms with E-state index in [4.69, 9.17) is 5.11 Å². The lowest BCUT2D eigenvalue weighted by atomic mass is 10.2. The second kappa shape index (κ2) is 4.87. The summed E-state index contributed by atoms with van der Waals surface area (Å²) in [7, 11) is 0. The summed E-state index contributed by atoms with van der Waals surface area (Å²) in [5.74, 6) is -1.05. The number of hydrogen-bond donors (Lipinski definition) is 1. The SMILES string of the molecule is O=C(O)/C=C/c1ccc([N+](=O)[O-])c(I)c1. The van der Waals surface area contributed by atoms with E-state index in [1.54, 1.807) is 6.07 Å². The molecule has 0 saturated carbocycles. The van der Waals surface area contributed by atoms with Crippen molar-refractivity contribution in [1.82, 2.24) is 0 Å². The lowest BCUT2D eigenvalue weighted by molar-refractivity contribution is -0.385. The maximum Gasteiger partial charge on any atom is 0.328 e. The first-order valence-corrected chi connectivity index (χ1v) is 4.93. The van der Waals surface area contributed by atoms with Crippen LogP contribution < -0.4 is 0 Å². The highest BCUT2D eigenvalue weighted by Gasteiger charge is 2.10. The van der Waals surface area contributed by atoms with Crippen molar-refractivity contribution in [3.8, 4) is 0 Å². The zero-order valence-corrected chi connectivity index (χ0v) is 9.54. The van der Waals surface area contributed by atoms with Crippen LogP contribution >= 0.6 is 22.6 Å². The fourth-order valence-corrected chi connectivity index (χ4v) is 1.68. The van der Waals surface area contributed by atoms with Crippen LogP contribution in [-0.4, -0.2) is 16.0 Å². The number of aliphatic carboxylic acids is 1. The number of halogens is 1. The zero-order chi connectivity index (χ0) is 11.4. The van der Waals surface area contributed by atoms with E-state index in [0.29, 0.717) is 9.13 Å². The van der Waals surface area contributed by atoms with E-state index in [2.05, 4.69) is 0 Å². The van der Waals surface area contributed by atoms with E-state index < -0.39 is 10.9 Å². The largest absolute Gasteiger partial charge is 0.478 e. The Morgan fingerprint density at radius 1 is 1.53 bits per heavy atom. The summed E-state index contributed by atoms with van der Waals surface area (Å²) in [4.78, 5) is 20.2. The second-order valence-corrected chi connectivity index (χ2v) is 3.80. The second-order valence-electron chi connectivity index (χ2n) is 2.64. The van der Waals surface area contributed by atoms with Crippen molar-refractivity contribution in [2.75, 3.05) is 0 Å². The molecule has 0 unspecified atom stereocenters. The van der Waals surface area contributed by atoms with Crippen LogP contribution in [0.1, 0.15) is 5.56 Å². The highest BCUT2D eigenvalue weighted by Crippen LogP contribution is 2.22. The molecule has 0 radical (unpaired) electrons. The molecule has 0 amide bonds. The van der Waals surface area contributed by atoms with Gasteiger partial charge in [-0.2, -0.15) is 0 Å². The van der Waals surface area contributed by atoms with Crippen molar-refractivity contribution in [3.05, 3.63) is 43.5 Å². The Balaban J connectivity index is 3.01. The summed E-state index contributed by atoms with van der Waals surface area (Å²) in [6.07, 6.45) is 2.37. The molecule has 0 atom stereocenters. The van der Waals surface area contributed by atoms with Gasteiger partial charge in [0.1, 0.15) is 0 Å². The van der Waals surface area contributed by atoms with Gasteiger partial charge in [0.15, 0.2) is 0 Å². The molecule has 0 aromatic heterocycles. The third-order valence-electron chi connectivity index (χ3n) is 1.59. The lowest BCUT2D eigenvalue weighted by Crippen LogP contribution is -1.91. The van der Waals surface area contributed by atoms with Crippen molar-refractivity contribution in [3.63, 3.8) is 0 Å². The highest BCUT2D eigenvalue weighted by atomic mass is 127. The molecule has 6 heteroatoms. The normalized spacial score (nSPS) is 10.5. The molecule has 1 aromatic rings. The quantitative estimate of drug-likeness (QED) is 0.401. The Morgan fingerprint density at radius 3 is 2.67 bits per heavy atom. The monoisotopic (exact) mass is 319 g/mol. The minimum atomic E-state index is -1.05. The molecule has 1 rings (SSSR count). The Morgan fingerprint density at radius 2 is 2.20 bits per heavy atom. The summed E-state index contributed by atoms with van der Waals surface area (Å²) in [5, 5.41) is 18.9. The predicted molar refractivity (Wildman–Crippen MR) is 62.5 cm³/mol. The molecule has 5 nitrogen and oxygen atoms in total. The first-order chi connectivity index (χ1) is 7.00. The molecule has 0 spiro atoms. The van der Waals surface area contributed by atoms with Gasteiger partial charge in [0.05, 0.1) is 8.49 Å². The predicted octanol–water partition coefficient (Wildman–Crippen LogP) is 2.30. The van der Waals surface area contributed by atoms with E-state index in [1.165, 1.54) is 18.2 Å². The fourth-order valence-electron chi connectivity index (χ4n) is 0.942. The van der Waals surface area contributed by atoms with E-state index >= 15 is 0 Å². The van der Waals surface area contributed by atoms with Crippen LogP contribution in [0.25, 0.3) is 6.08 Å². The van der Waals surface area contributed by atoms with Crippen molar-refractivity contribution in [1.29, 1.82) is 0 Å². The minimum absolute atomic E-state index is 0.0167. The molecule has 78 valence electrons. The number of carboxylic acid groups (broad SMARTS) is 1. The average Bonchev–Trinajstić information content (AvgIpc) is 2.14. The number of carboxylic acids is 1. The first-order valence-electron chi connectivity index (χ1n) is 3.85. The maximum atomic E-state index is 10.5. The van der Waals surface area contributed by atoms with Crippen molar-refractivity contribution in [2.24, 2.45) is 0 Å². The number of nitrogens with zero attached hydrogens (tertiary/aromatic N) is 1. The Kier molecular flexibility index (Phi) is 3.78. The lowest BCUT2D eigenvalue weighted by Gasteiger charge is -1.96. The summed E-state index contributed by atoms with van der Waals surface area (Å²) in [5.41, 5.74) is 0.635. The number of nitro groups is 1. The standard InChI is InChI=1S/C9H6INO4/c10-7-5-6(2-4-9(12)13)1-3-8(7)11(14)15/h1-5H,(H,12,13)/b4-2+. The molecule has 0 bridgehead atoms. The smallest absolute Gasteiger partial charge is 0.328 e. The van der Waals surface area contributed by atoms with Crippen molar-refractivity contribution in [2.45, 2.75) is 0 Å². The number of benzene rings is 1. The van der Waals surface area contributed by atoms with Crippen LogP contribution in [0.5, 0.6) is 0 Å². The number of nitro benzene ring substituents is 1. The minimum Gasteiger partial charge on any atom is -0.478 e. The number of hydrogen-bond acceptors (Lipinski definition) is 3. The van der Waals surface area contributed by atoms with Gasteiger partial charge in [-0.3, -0.25) is 10.1 Å². The van der Waals surface area contributed by atoms with E-state index in [0.717, 1.165) is 6.08 Å². The van der Waals surface area contributed by atoms with Gasteiger partial charge in [0, 0.05) is 12.1 Å². The summed E-state index contributed by atoms with van der Waals surface area (Å²) in [6, 6.07) is 4.40. The van der Waals surface area contributed by atoms with Crippen LogP contribution in [0.3, 0.4) is 0 Å². The van der Waals surface area contributed by atoms with E-state index in [9.17, 15) is 14.9 Å². The Bertz CT molecular complexity index is 442. The molecule has 0 fully saturated rings. The van der Waals surface area contributed by atoms with Gasteiger partial charge in [-0.25, -0.2) is 4.79 Å². The van der Waals surface area contributed by atoms with E-state index in [-0.39, 0.29) is 5.69 Å². The molecular formula is C9H6INO4. The molecule has 1 aromatic carbocycles. The third kappa shape index (κ3) is 3.31. The van der Waals surface area contributed by atoms with Crippen LogP contribution in [-0.2, 0) is 4.79 Å². The molecular weight excluding hydrogens is 313 g/mol. The first kappa shape index (κ1) is 11.6. The Hall–Kier alpha value is -1.44. The topological polar surface area (TPSA) is 80.4 Å². The summed E-state index contributed by atoms with van der Waals surface area (Å²) < 4.78 is 0.477. The van der Waals surface area contributed by atoms with E-state index in [1.807, 2.05) is 22.6 Å². The maximum absolute atomic E-state index is 10.5. The fraction of sp³-hybridized carbons (Fsp3) is 0. The zero-order valence-electron chi connectivity index (χ0n) is 7.38. The third-order valence-corrected chi connectivity index (χ3v) is 2.45. The molecule has 1 N–H and O–H groups in total. The van der Waals surface area contributed by atoms with Crippen LogP contribution in [0.15, 0.2) is 24.3 Å². The van der Waals surface area contributed by atoms with Gasteiger partial charge < -0.3 is 5.11 Å². The number of carbonyl (C=O) groups is 1. The summed E-state index contributed by atoms with van der Waals surface area (Å²) in [6.45, 7) is 0. The van der Waals surface area contributed by atoms with Gasteiger partial charge in [-0.05, 0) is 46.4 Å². The highest BCUT2D eigenvalue weighted by molar-refractivity contribution is 14.1. The molecule has 0 aliphatic carbocycles. The summed E-state index contributed by atoms with van der Waals surface area (Å²) >= 11 is 1.84. The van der Waals surface area contributed by atoms with Crippen LogP contribution in [0.2, 0.25) is 0 Å². The Labute approximate surface area is 98.7 Å². The average molecular weight is 319 g/mol. The van der Waals surface area contributed by atoms with Gasteiger partial charge >= 0.3 is 5.97 Å². The van der Waals surface area contributed by atoms with Crippen molar-refractivity contribution < 1.29 is 14.8 Å². The van der Waals surface area contributed by atoms with Gasteiger partial charge in [0.25, 0.3) is 5.69 Å². The molecule has 0 saturated heterocycles. The molecule has 15 heavy (non-hydrogen) atoms. The van der Waals surface area contributed by atoms with Gasteiger partial charge in [0.2, 0.25) is 0 Å². The van der Waals surface area contributed by atoms with Crippen molar-refractivity contribution >= 4 is 40.3 Å². The van der Waals surface area contributed by atoms with Crippen LogP contribution in [0, 0.1) is 13.7 Å². The molecule has 0 aliphatic heterocycles.